The number of carboxylic acids is 1. The molecule has 4 N–H and O–H groups in total. The molecule has 0 radical (unpaired) electrons. The van der Waals surface area contributed by atoms with Gasteiger partial charge < -0.3 is 15.8 Å². The number of aliphatic carboxylic acids is 1. The molecule has 0 saturated carbocycles. The summed E-state index contributed by atoms with van der Waals surface area (Å²) in [5.74, 6) is -1.21. The van der Waals surface area contributed by atoms with Crippen molar-refractivity contribution in [2.24, 2.45) is 11.7 Å². The second-order valence-electron chi connectivity index (χ2n) is 3.21. The summed E-state index contributed by atoms with van der Waals surface area (Å²) in [5, 5.41) is 8.66. The van der Waals surface area contributed by atoms with E-state index in [1.165, 1.54) is 0 Å². The first-order valence-electron chi connectivity index (χ1n) is 4.23. The van der Waals surface area contributed by atoms with E-state index in [0.29, 0.717) is 6.42 Å². The monoisotopic (exact) mass is 182 g/mol. The maximum Gasteiger partial charge on any atom is 0.306 e. The molecule has 13 heavy (non-hydrogen) atoms. The van der Waals surface area contributed by atoms with Crippen molar-refractivity contribution >= 4 is 5.97 Å². The summed E-state index contributed by atoms with van der Waals surface area (Å²) in [4.78, 5) is 13.5. The van der Waals surface area contributed by atoms with Crippen molar-refractivity contribution in [1.29, 1.82) is 0 Å². The van der Waals surface area contributed by atoms with Gasteiger partial charge >= 0.3 is 5.97 Å². The molecule has 0 aliphatic rings. The van der Waals surface area contributed by atoms with Crippen molar-refractivity contribution in [2.45, 2.75) is 19.4 Å². The van der Waals surface area contributed by atoms with Crippen LogP contribution in [0, 0.1) is 5.92 Å². The number of hydrogen-bond donors (Lipinski definition) is 3. The molecule has 72 valence electrons. The Morgan fingerprint density at radius 1 is 1.77 bits per heavy atom. The third-order valence-electron chi connectivity index (χ3n) is 2.05. The molecule has 0 bridgehead atoms. The minimum absolute atomic E-state index is 0.221. The summed E-state index contributed by atoms with van der Waals surface area (Å²) in [6, 6.07) is 3.49. The quantitative estimate of drug-likeness (QED) is 0.653. The highest BCUT2D eigenvalue weighted by Crippen LogP contribution is 2.16. The molecular formula is C9H14N2O2. The first kappa shape index (κ1) is 9.80. The van der Waals surface area contributed by atoms with Crippen LogP contribution in [0.4, 0.5) is 0 Å². The molecular weight excluding hydrogens is 168 g/mol. The van der Waals surface area contributed by atoms with Gasteiger partial charge in [0, 0.05) is 17.9 Å². The van der Waals surface area contributed by atoms with Crippen molar-refractivity contribution in [2.75, 3.05) is 0 Å². The standard InChI is InChI=1S/C9H14N2O2/c1-6(9(12)13)5-7(10)8-3-2-4-11-8/h2-4,6-7,11H,5,10H2,1H3,(H,12,13). The van der Waals surface area contributed by atoms with Gasteiger partial charge in [0.2, 0.25) is 0 Å². The van der Waals surface area contributed by atoms with Gasteiger partial charge in [0.15, 0.2) is 0 Å². The molecule has 1 aromatic heterocycles. The van der Waals surface area contributed by atoms with E-state index in [2.05, 4.69) is 4.98 Å². The average Bonchev–Trinajstić information content (AvgIpc) is 2.55. The van der Waals surface area contributed by atoms with Crippen molar-refractivity contribution < 1.29 is 9.90 Å². The molecule has 4 heteroatoms. The minimum Gasteiger partial charge on any atom is -0.481 e. The number of carboxylic acid groups (broad SMARTS) is 1. The van der Waals surface area contributed by atoms with Crippen molar-refractivity contribution in [3.8, 4) is 0 Å². The van der Waals surface area contributed by atoms with Gasteiger partial charge in [0.05, 0.1) is 5.92 Å². The summed E-state index contributed by atoms with van der Waals surface area (Å²) in [7, 11) is 0. The summed E-state index contributed by atoms with van der Waals surface area (Å²) in [6.45, 7) is 1.66. The van der Waals surface area contributed by atoms with Gasteiger partial charge in [-0.3, -0.25) is 4.79 Å². The molecule has 0 aliphatic carbocycles. The van der Waals surface area contributed by atoms with Crippen LogP contribution in [0.1, 0.15) is 25.1 Å². The van der Waals surface area contributed by atoms with E-state index < -0.39 is 11.9 Å². The smallest absolute Gasteiger partial charge is 0.306 e. The number of hydrogen-bond acceptors (Lipinski definition) is 2. The number of aromatic amines is 1. The molecule has 4 nitrogen and oxygen atoms in total. The van der Waals surface area contributed by atoms with Gasteiger partial charge in [-0.05, 0) is 18.6 Å². The molecule has 0 aliphatic heterocycles. The number of nitrogens with one attached hydrogen (secondary N) is 1. The lowest BCUT2D eigenvalue weighted by Crippen LogP contribution is -2.19. The number of aromatic nitrogens is 1. The highest BCUT2D eigenvalue weighted by atomic mass is 16.4. The number of carbonyl (C=O) groups is 1. The van der Waals surface area contributed by atoms with Crippen LogP contribution in [-0.4, -0.2) is 16.1 Å². The Kier molecular flexibility index (Phi) is 3.08. The summed E-state index contributed by atoms with van der Waals surface area (Å²) in [6.07, 6.45) is 2.23. The molecule has 2 atom stereocenters. The van der Waals surface area contributed by atoms with Gasteiger partial charge in [-0.1, -0.05) is 6.92 Å². The molecule has 1 aromatic rings. The molecule has 1 rings (SSSR count). The third kappa shape index (κ3) is 2.59. The van der Waals surface area contributed by atoms with E-state index >= 15 is 0 Å². The molecule has 0 fully saturated rings. The topological polar surface area (TPSA) is 79.1 Å². The zero-order valence-corrected chi connectivity index (χ0v) is 7.53. The fourth-order valence-corrected chi connectivity index (χ4v) is 1.18. The molecule has 0 aromatic carbocycles. The molecule has 0 amide bonds. The molecule has 0 saturated heterocycles. The van der Waals surface area contributed by atoms with Crippen LogP contribution in [0.15, 0.2) is 18.3 Å². The summed E-state index contributed by atoms with van der Waals surface area (Å²) < 4.78 is 0. The van der Waals surface area contributed by atoms with Crippen LogP contribution in [0.3, 0.4) is 0 Å². The van der Waals surface area contributed by atoms with Crippen LogP contribution < -0.4 is 5.73 Å². The first-order valence-corrected chi connectivity index (χ1v) is 4.23. The SMILES string of the molecule is CC(CC(N)c1ccc[nH]1)C(=O)O. The lowest BCUT2D eigenvalue weighted by molar-refractivity contribution is -0.141. The zero-order chi connectivity index (χ0) is 9.84. The van der Waals surface area contributed by atoms with E-state index in [-0.39, 0.29) is 6.04 Å². The Balaban J connectivity index is 2.51. The van der Waals surface area contributed by atoms with Crippen LogP contribution in [0.2, 0.25) is 0 Å². The third-order valence-corrected chi connectivity index (χ3v) is 2.05. The Morgan fingerprint density at radius 3 is 2.92 bits per heavy atom. The predicted molar refractivity (Wildman–Crippen MR) is 49.1 cm³/mol. The largest absolute Gasteiger partial charge is 0.481 e. The normalized spacial score (nSPS) is 15.2. The number of rotatable bonds is 4. The van der Waals surface area contributed by atoms with E-state index in [4.69, 9.17) is 10.8 Å². The summed E-state index contributed by atoms with van der Waals surface area (Å²) >= 11 is 0. The fraction of sp³-hybridized carbons (Fsp3) is 0.444. The molecule has 1 heterocycles. The Morgan fingerprint density at radius 2 is 2.46 bits per heavy atom. The number of nitrogens with two attached hydrogens (primary N) is 1. The maximum absolute atomic E-state index is 10.5. The van der Waals surface area contributed by atoms with Crippen molar-refractivity contribution in [1.82, 2.24) is 4.98 Å². The van der Waals surface area contributed by atoms with Crippen LogP contribution in [0.5, 0.6) is 0 Å². The predicted octanol–water partition coefficient (Wildman–Crippen LogP) is 1.13. The second-order valence-corrected chi connectivity index (χ2v) is 3.21. The van der Waals surface area contributed by atoms with Gasteiger partial charge in [-0.2, -0.15) is 0 Å². The van der Waals surface area contributed by atoms with Gasteiger partial charge in [-0.25, -0.2) is 0 Å². The van der Waals surface area contributed by atoms with Crippen LogP contribution in [0.25, 0.3) is 0 Å². The Bertz CT molecular complexity index is 269. The van der Waals surface area contributed by atoms with E-state index in [1.807, 2.05) is 12.1 Å². The van der Waals surface area contributed by atoms with Gasteiger partial charge in [0.25, 0.3) is 0 Å². The second kappa shape index (κ2) is 4.09. The first-order chi connectivity index (χ1) is 6.11. The lowest BCUT2D eigenvalue weighted by atomic mass is 10.0. The van der Waals surface area contributed by atoms with Crippen LogP contribution >= 0.6 is 0 Å². The highest BCUT2D eigenvalue weighted by Gasteiger charge is 2.16. The van der Waals surface area contributed by atoms with Gasteiger partial charge in [0.1, 0.15) is 0 Å². The molecule has 0 spiro atoms. The van der Waals surface area contributed by atoms with Gasteiger partial charge in [-0.15, -0.1) is 0 Å². The van der Waals surface area contributed by atoms with Crippen molar-refractivity contribution in [3.05, 3.63) is 24.0 Å². The zero-order valence-electron chi connectivity index (χ0n) is 7.53. The van der Waals surface area contributed by atoms with E-state index in [1.54, 1.807) is 13.1 Å². The Hall–Kier alpha value is -1.29. The summed E-state index contributed by atoms with van der Waals surface area (Å²) in [5.41, 5.74) is 6.67. The fourth-order valence-electron chi connectivity index (χ4n) is 1.18. The lowest BCUT2D eigenvalue weighted by Gasteiger charge is -2.12. The van der Waals surface area contributed by atoms with Crippen molar-refractivity contribution in [3.63, 3.8) is 0 Å². The van der Waals surface area contributed by atoms with E-state index in [9.17, 15) is 4.79 Å². The highest BCUT2D eigenvalue weighted by molar-refractivity contribution is 5.69. The average molecular weight is 182 g/mol. The molecule has 2 unspecified atom stereocenters. The van der Waals surface area contributed by atoms with E-state index in [0.717, 1.165) is 5.69 Å². The Labute approximate surface area is 76.8 Å². The number of H-pyrrole nitrogens is 1. The minimum atomic E-state index is -0.804. The van der Waals surface area contributed by atoms with Crippen LogP contribution in [-0.2, 0) is 4.79 Å². The maximum atomic E-state index is 10.5.